The van der Waals surface area contributed by atoms with Gasteiger partial charge in [0, 0.05) is 16.6 Å². The van der Waals surface area contributed by atoms with Gasteiger partial charge in [0.25, 0.3) is 5.91 Å². The highest BCUT2D eigenvalue weighted by atomic mass is 79.9. The quantitative estimate of drug-likeness (QED) is 0.252. The predicted octanol–water partition coefficient (Wildman–Crippen LogP) is 4.60. The van der Waals surface area contributed by atoms with Crippen LogP contribution in [0.25, 0.3) is 6.08 Å². The summed E-state index contributed by atoms with van der Waals surface area (Å²) in [5, 5.41) is 0. The fourth-order valence-electron chi connectivity index (χ4n) is 2.39. The maximum Gasteiger partial charge on any atom is 0.339 e. The Morgan fingerprint density at radius 3 is 2.61 bits per heavy atom. The topological polar surface area (TPSA) is 63.7 Å². The van der Waals surface area contributed by atoms with Gasteiger partial charge in [-0.3, -0.25) is 9.69 Å². The second-order valence-corrected chi connectivity index (χ2v) is 9.75. The van der Waals surface area contributed by atoms with Crippen LogP contribution in [0.2, 0.25) is 0 Å². The fourth-order valence-corrected chi connectivity index (χ4v) is 5.01. The van der Waals surface area contributed by atoms with Crippen LogP contribution in [0.15, 0.2) is 75.5 Å². The van der Waals surface area contributed by atoms with E-state index in [0.29, 0.717) is 25.8 Å². The second-order valence-electron chi connectivity index (χ2n) is 5.61. The van der Waals surface area contributed by atoms with Crippen molar-refractivity contribution in [3.63, 3.8) is 0 Å². The number of halogens is 1. The van der Waals surface area contributed by atoms with Gasteiger partial charge < -0.3 is 4.18 Å². The van der Waals surface area contributed by atoms with Crippen LogP contribution < -0.4 is 4.18 Å². The molecule has 1 aliphatic rings. The van der Waals surface area contributed by atoms with Gasteiger partial charge in [0.15, 0.2) is 0 Å². The molecule has 0 unspecified atom stereocenters. The largest absolute Gasteiger partial charge is 0.378 e. The molecule has 5 nitrogen and oxygen atoms in total. The number of rotatable bonds is 6. The lowest BCUT2D eigenvalue weighted by Gasteiger charge is -2.11. The van der Waals surface area contributed by atoms with Gasteiger partial charge in [0.05, 0.1) is 4.91 Å². The van der Waals surface area contributed by atoms with Crippen molar-refractivity contribution in [3.8, 4) is 5.75 Å². The Morgan fingerprint density at radius 2 is 1.93 bits per heavy atom. The van der Waals surface area contributed by atoms with Gasteiger partial charge in [0.1, 0.15) is 15.0 Å². The molecule has 1 heterocycles. The first kappa shape index (κ1) is 20.8. The number of hydrogen-bond donors (Lipinski definition) is 0. The Kier molecular flexibility index (Phi) is 6.39. The molecule has 3 rings (SSSR count). The summed E-state index contributed by atoms with van der Waals surface area (Å²) in [5.41, 5.74) is 0.438. The number of carbonyl (C=O) groups is 1. The number of thiocarbonyl (C=S) groups is 1. The summed E-state index contributed by atoms with van der Waals surface area (Å²) < 4.78 is 31.6. The molecular weight excluding hydrogens is 482 g/mol. The zero-order valence-corrected chi connectivity index (χ0v) is 18.4. The molecule has 0 bridgehead atoms. The van der Waals surface area contributed by atoms with Crippen LogP contribution in [0.1, 0.15) is 5.56 Å². The zero-order valence-electron chi connectivity index (χ0n) is 14.4. The summed E-state index contributed by atoms with van der Waals surface area (Å²) in [6, 6.07) is 12.7. The highest BCUT2D eigenvalue weighted by Crippen LogP contribution is 2.35. The first-order valence-corrected chi connectivity index (χ1v) is 11.4. The third-order valence-electron chi connectivity index (χ3n) is 3.68. The minimum atomic E-state index is -4.01. The third kappa shape index (κ3) is 4.54. The van der Waals surface area contributed by atoms with Crippen LogP contribution >= 0.6 is 39.9 Å². The number of thioether (sulfide) groups is 1. The maximum absolute atomic E-state index is 12.6. The molecule has 1 fully saturated rings. The lowest BCUT2D eigenvalue weighted by molar-refractivity contribution is -0.121. The van der Waals surface area contributed by atoms with Crippen molar-refractivity contribution in [1.82, 2.24) is 4.90 Å². The lowest BCUT2D eigenvalue weighted by atomic mass is 10.2. The van der Waals surface area contributed by atoms with E-state index in [1.54, 1.807) is 42.5 Å². The highest BCUT2D eigenvalue weighted by Gasteiger charge is 2.31. The van der Waals surface area contributed by atoms with Crippen LogP contribution in [0.5, 0.6) is 5.75 Å². The van der Waals surface area contributed by atoms with Gasteiger partial charge in [-0.05, 0) is 36.4 Å². The van der Waals surface area contributed by atoms with E-state index in [0.717, 1.165) is 11.8 Å². The number of carbonyl (C=O) groups excluding carboxylic acids is 1. The molecule has 0 aliphatic carbocycles. The van der Waals surface area contributed by atoms with Crippen molar-refractivity contribution in [2.75, 3.05) is 6.54 Å². The summed E-state index contributed by atoms with van der Waals surface area (Å²) in [6.45, 7) is 3.93. The summed E-state index contributed by atoms with van der Waals surface area (Å²) in [7, 11) is -4.01. The SMILES string of the molecule is C=CCN1C(=O)C(=Cc2cc(Br)ccc2OS(=O)(=O)c2ccccc2)SC1=S. The molecule has 144 valence electrons. The van der Waals surface area contributed by atoms with E-state index in [1.165, 1.54) is 23.1 Å². The smallest absolute Gasteiger partial charge is 0.339 e. The average Bonchev–Trinajstić information content (AvgIpc) is 2.92. The van der Waals surface area contributed by atoms with Crippen LogP contribution in [-0.4, -0.2) is 30.1 Å². The third-order valence-corrected chi connectivity index (χ3v) is 6.79. The van der Waals surface area contributed by atoms with Crippen LogP contribution in [0, 0.1) is 0 Å². The van der Waals surface area contributed by atoms with Crippen LogP contribution in [0.4, 0.5) is 0 Å². The first-order chi connectivity index (χ1) is 13.3. The first-order valence-electron chi connectivity index (χ1n) is 7.97. The van der Waals surface area contributed by atoms with Crippen molar-refractivity contribution in [1.29, 1.82) is 0 Å². The van der Waals surface area contributed by atoms with Crippen LogP contribution in [-0.2, 0) is 14.9 Å². The summed E-state index contributed by atoms with van der Waals surface area (Å²) in [4.78, 5) is 14.4. The molecule has 28 heavy (non-hydrogen) atoms. The Bertz CT molecular complexity index is 1080. The van der Waals surface area contributed by atoms with Crippen molar-refractivity contribution in [2.24, 2.45) is 0 Å². The molecule has 1 amide bonds. The van der Waals surface area contributed by atoms with Crippen molar-refractivity contribution in [2.45, 2.75) is 4.90 Å². The molecule has 1 saturated heterocycles. The van der Waals surface area contributed by atoms with E-state index < -0.39 is 10.1 Å². The van der Waals surface area contributed by atoms with E-state index >= 15 is 0 Å². The second kappa shape index (κ2) is 8.60. The van der Waals surface area contributed by atoms with Gasteiger partial charge in [-0.15, -0.1) is 6.58 Å². The molecule has 0 saturated carbocycles. The van der Waals surface area contributed by atoms with Gasteiger partial charge in [-0.1, -0.05) is 64.2 Å². The zero-order chi connectivity index (χ0) is 20.3. The predicted molar refractivity (Wildman–Crippen MR) is 118 cm³/mol. The molecule has 0 atom stereocenters. The Labute approximate surface area is 181 Å². The standard InChI is InChI=1S/C19H14BrNO4S3/c1-2-10-21-18(22)17(27-19(21)26)12-13-11-14(20)8-9-16(13)25-28(23,24)15-6-4-3-5-7-15/h2-9,11-12H,1,10H2. The van der Waals surface area contributed by atoms with Gasteiger partial charge >= 0.3 is 10.1 Å². The summed E-state index contributed by atoms with van der Waals surface area (Å²) in [6.07, 6.45) is 3.16. The van der Waals surface area contributed by atoms with E-state index in [-0.39, 0.29) is 16.6 Å². The molecule has 2 aromatic carbocycles. The van der Waals surface area contributed by atoms with Gasteiger partial charge in [0.2, 0.25) is 0 Å². The van der Waals surface area contributed by atoms with Crippen molar-refractivity contribution in [3.05, 3.63) is 76.1 Å². The van der Waals surface area contributed by atoms with E-state index in [4.69, 9.17) is 16.4 Å². The van der Waals surface area contributed by atoms with E-state index in [9.17, 15) is 13.2 Å². The molecule has 0 N–H and O–H groups in total. The van der Waals surface area contributed by atoms with E-state index in [2.05, 4.69) is 22.5 Å². The fraction of sp³-hybridized carbons (Fsp3) is 0.0526. The number of hydrogen-bond acceptors (Lipinski definition) is 6. The van der Waals surface area contributed by atoms with Crippen LogP contribution in [0.3, 0.4) is 0 Å². The Hall–Kier alpha value is -1.94. The van der Waals surface area contributed by atoms with Gasteiger partial charge in [-0.2, -0.15) is 8.42 Å². The molecule has 9 heteroatoms. The molecule has 0 radical (unpaired) electrons. The summed E-state index contributed by atoms with van der Waals surface area (Å²) >= 11 is 9.73. The molecule has 0 spiro atoms. The van der Waals surface area contributed by atoms with Crippen molar-refractivity contribution >= 4 is 66.3 Å². The molecular formula is C19H14BrNO4S3. The number of amides is 1. The lowest BCUT2D eigenvalue weighted by Crippen LogP contribution is -2.27. The molecule has 2 aromatic rings. The summed E-state index contributed by atoms with van der Waals surface area (Å²) in [5.74, 6) is -0.146. The minimum Gasteiger partial charge on any atom is -0.378 e. The number of benzene rings is 2. The minimum absolute atomic E-state index is 0.0428. The monoisotopic (exact) mass is 495 g/mol. The Balaban J connectivity index is 1.98. The molecule has 0 aromatic heterocycles. The average molecular weight is 496 g/mol. The highest BCUT2D eigenvalue weighted by molar-refractivity contribution is 9.10. The van der Waals surface area contributed by atoms with Crippen molar-refractivity contribution < 1.29 is 17.4 Å². The normalized spacial score (nSPS) is 15.9. The maximum atomic E-state index is 12.6. The number of nitrogens with zero attached hydrogens (tertiary/aromatic N) is 1. The molecule has 1 aliphatic heterocycles. The van der Waals surface area contributed by atoms with E-state index in [1.807, 2.05) is 0 Å². The Morgan fingerprint density at radius 1 is 1.21 bits per heavy atom. The van der Waals surface area contributed by atoms with Gasteiger partial charge in [-0.25, -0.2) is 0 Å².